The Morgan fingerprint density at radius 3 is 2.13 bits per heavy atom. The van der Waals surface area contributed by atoms with E-state index in [4.69, 9.17) is 19.8 Å². The third-order valence-corrected chi connectivity index (χ3v) is 5.73. The van der Waals surface area contributed by atoms with Gasteiger partial charge in [-0.15, -0.1) is 0 Å². The number of hydrogen-bond acceptors (Lipinski definition) is 7. The molecule has 1 amide bonds. The van der Waals surface area contributed by atoms with Gasteiger partial charge in [-0.25, -0.2) is 22.3 Å². The number of aliphatic carboxylic acids is 2. The van der Waals surface area contributed by atoms with Crippen molar-refractivity contribution in [3.63, 3.8) is 0 Å². The number of carbonyl (C=O) groups is 3. The molecule has 0 aliphatic rings. The van der Waals surface area contributed by atoms with Gasteiger partial charge < -0.3 is 20.8 Å². The van der Waals surface area contributed by atoms with E-state index >= 15 is 0 Å². The van der Waals surface area contributed by atoms with E-state index < -0.39 is 22.0 Å². The van der Waals surface area contributed by atoms with Crippen LogP contribution in [0.1, 0.15) is 11.1 Å². The third-order valence-electron chi connectivity index (χ3n) is 3.78. The van der Waals surface area contributed by atoms with Crippen LogP contribution < -0.4 is 10.6 Å². The van der Waals surface area contributed by atoms with Gasteiger partial charge in [0.05, 0.1) is 11.4 Å². The average Bonchev–Trinajstić information content (AvgIpc) is 2.70. The number of amides is 1. The van der Waals surface area contributed by atoms with Crippen molar-refractivity contribution in [2.45, 2.75) is 18.4 Å². The summed E-state index contributed by atoms with van der Waals surface area (Å²) in [6.45, 7) is 2.38. The molecule has 0 aliphatic carbocycles. The van der Waals surface area contributed by atoms with Crippen molar-refractivity contribution in [1.29, 1.82) is 0 Å². The Morgan fingerprint density at radius 1 is 1.03 bits per heavy atom. The number of nitrogens with one attached hydrogen (secondary N) is 2. The van der Waals surface area contributed by atoms with Crippen molar-refractivity contribution in [3.8, 4) is 0 Å². The van der Waals surface area contributed by atoms with Crippen LogP contribution in [0.15, 0.2) is 47.6 Å². The molecule has 11 nitrogen and oxygen atoms in total. The minimum Gasteiger partial charge on any atom is -0.473 e. The second-order valence-corrected chi connectivity index (χ2v) is 8.51. The molecular weight excluding hydrogens is 428 g/mol. The Morgan fingerprint density at radius 2 is 1.61 bits per heavy atom. The number of anilines is 1. The molecule has 0 fully saturated rings. The maximum atomic E-state index is 12.3. The van der Waals surface area contributed by atoms with Crippen molar-refractivity contribution in [2.24, 2.45) is 0 Å². The quantitative estimate of drug-likeness (QED) is 0.438. The van der Waals surface area contributed by atoms with E-state index in [1.54, 1.807) is 31.5 Å². The molecule has 0 saturated heterocycles. The Balaban J connectivity index is 0.000000703. The SMILES string of the molecule is Cc1ccc(NC(=O)CNCc2ccncc2)cc1S(=O)(=O)N(C)C.O=C(O)C(=O)O. The topological polar surface area (TPSA) is 166 Å². The van der Waals surface area contributed by atoms with Crippen LogP contribution in [0.5, 0.6) is 0 Å². The van der Waals surface area contributed by atoms with E-state index in [1.165, 1.54) is 20.2 Å². The highest BCUT2D eigenvalue weighted by Gasteiger charge is 2.20. The molecule has 1 aromatic carbocycles. The molecule has 0 bridgehead atoms. The second kappa shape index (κ2) is 11.7. The normalized spacial score (nSPS) is 10.7. The predicted molar refractivity (Wildman–Crippen MR) is 112 cm³/mol. The number of nitrogens with zero attached hydrogens (tertiary/aromatic N) is 2. The van der Waals surface area contributed by atoms with Crippen LogP contribution in [0.2, 0.25) is 0 Å². The first-order valence-electron chi connectivity index (χ1n) is 8.84. The van der Waals surface area contributed by atoms with Gasteiger partial charge in [-0.2, -0.15) is 0 Å². The summed E-state index contributed by atoms with van der Waals surface area (Å²) in [6, 6.07) is 8.57. The molecule has 0 radical (unpaired) electrons. The fourth-order valence-corrected chi connectivity index (χ4v) is 3.32. The monoisotopic (exact) mass is 452 g/mol. The minimum absolute atomic E-state index is 0.117. The predicted octanol–water partition coefficient (Wildman–Crippen LogP) is 0.524. The highest BCUT2D eigenvalue weighted by molar-refractivity contribution is 7.89. The zero-order valence-corrected chi connectivity index (χ0v) is 18.0. The summed E-state index contributed by atoms with van der Waals surface area (Å²) in [5, 5.41) is 20.5. The smallest absolute Gasteiger partial charge is 0.414 e. The van der Waals surface area contributed by atoms with Gasteiger partial charge in [-0.3, -0.25) is 9.78 Å². The second-order valence-electron chi connectivity index (χ2n) is 6.39. The van der Waals surface area contributed by atoms with Crippen LogP contribution >= 0.6 is 0 Å². The number of aromatic nitrogens is 1. The van der Waals surface area contributed by atoms with Crippen molar-refractivity contribution < 1.29 is 33.0 Å². The molecule has 0 atom stereocenters. The zero-order valence-electron chi connectivity index (χ0n) is 17.2. The summed E-state index contributed by atoms with van der Waals surface area (Å²) >= 11 is 0. The van der Waals surface area contributed by atoms with Gasteiger partial charge in [0.15, 0.2) is 0 Å². The van der Waals surface area contributed by atoms with Gasteiger partial charge in [0.25, 0.3) is 0 Å². The first kappa shape index (κ1) is 25.7. The Hall–Kier alpha value is -3.35. The molecule has 1 heterocycles. The fraction of sp³-hybridized carbons (Fsp3) is 0.263. The van der Waals surface area contributed by atoms with E-state index in [0.29, 0.717) is 17.8 Å². The van der Waals surface area contributed by atoms with Gasteiger partial charge in [0.2, 0.25) is 15.9 Å². The highest BCUT2D eigenvalue weighted by atomic mass is 32.2. The third kappa shape index (κ3) is 8.50. The van der Waals surface area contributed by atoms with Crippen LogP contribution in [0, 0.1) is 6.92 Å². The van der Waals surface area contributed by atoms with Gasteiger partial charge in [0.1, 0.15) is 0 Å². The molecular formula is C19H24N4O7S. The Kier molecular flexibility index (Phi) is 9.73. The number of carbonyl (C=O) groups excluding carboxylic acids is 1. The van der Waals surface area contributed by atoms with Crippen LogP contribution in [0.25, 0.3) is 0 Å². The fourth-order valence-electron chi connectivity index (χ4n) is 2.18. The molecule has 168 valence electrons. The van der Waals surface area contributed by atoms with Crippen LogP contribution in [0.3, 0.4) is 0 Å². The van der Waals surface area contributed by atoms with Gasteiger partial charge in [0, 0.05) is 38.7 Å². The van der Waals surface area contributed by atoms with Gasteiger partial charge in [-0.1, -0.05) is 6.07 Å². The number of sulfonamides is 1. The van der Waals surface area contributed by atoms with Crippen molar-refractivity contribution in [1.82, 2.24) is 14.6 Å². The largest absolute Gasteiger partial charge is 0.473 e. The summed E-state index contributed by atoms with van der Waals surface area (Å²) in [7, 11) is -0.608. The minimum atomic E-state index is -3.56. The molecule has 0 aliphatic heterocycles. The number of carboxylic acid groups (broad SMARTS) is 2. The van der Waals surface area contributed by atoms with Gasteiger partial charge >= 0.3 is 11.9 Å². The van der Waals surface area contributed by atoms with Crippen LogP contribution in [0.4, 0.5) is 5.69 Å². The lowest BCUT2D eigenvalue weighted by Crippen LogP contribution is -2.28. The highest BCUT2D eigenvalue weighted by Crippen LogP contribution is 2.22. The maximum Gasteiger partial charge on any atom is 0.414 e. The molecule has 4 N–H and O–H groups in total. The van der Waals surface area contributed by atoms with E-state index in [9.17, 15) is 13.2 Å². The summed E-state index contributed by atoms with van der Waals surface area (Å²) in [5.41, 5.74) is 2.10. The lowest BCUT2D eigenvalue weighted by molar-refractivity contribution is -0.159. The molecule has 0 unspecified atom stereocenters. The first-order chi connectivity index (χ1) is 14.4. The van der Waals surface area contributed by atoms with E-state index in [-0.39, 0.29) is 17.3 Å². The molecule has 12 heteroatoms. The van der Waals surface area contributed by atoms with Gasteiger partial charge in [-0.05, 0) is 42.3 Å². The Labute approximate surface area is 179 Å². The molecule has 0 saturated carbocycles. The summed E-state index contributed by atoms with van der Waals surface area (Å²) in [4.78, 5) is 34.3. The number of hydrogen-bond donors (Lipinski definition) is 4. The number of aryl methyl sites for hydroxylation is 1. The summed E-state index contributed by atoms with van der Waals surface area (Å²) < 4.78 is 25.8. The lowest BCUT2D eigenvalue weighted by Gasteiger charge is -2.15. The number of rotatable bonds is 7. The zero-order chi connectivity index (χ0) is 23.6. The van der Waals surface area contributed by atoms with Crippen molar-refractivity contribution >= 4 is 33.6 Å². The summed E-state index contributed by atoms with van der Waals surface area (Å²) in [5.74, 6) is -3.89. The number of benzene rings is 1. The lowest BCUT2D eigenvalue weighted by atomic mass is 10.2. The van der Waals surface area contributed by atoms with E-state index in [1.807, 2.05) is 12.1 Å². The Bertz CT molecular complexity index is 1010. The standard InChI is InChI=1S/C17H22N4O3S.C2H2O4/c1-13-4-5-15(10-16(13)25(23,24)21(2)3)20-17(22)12-19-11-14-6-8-18-9-7-14;3-1(4)2(5)6/h4-10,19H,11-12H2,1-3H3,(H,20,22);(H,3,4)(H,5,6). The first-order valence-corrected chi connectivity index (χ1v) is 10.3. The molecule has 2 rings (SSSR count). The number of pyridine rings is 1. The van der Waals surface area contributed by atoms with Crippen molar-refractivity contribution in [2.75, 3.05) is 26.0 Å². The number of carboxylic acids is 2. The van der Waals surface area contributed by atoms with Crippen LogP contribution in [-0.2, 0) is 31.0 Å². The average molecular weight is 452 g/mol. The van der Waals surface area contributed by atoms with E-state index in [2.05, 4.69) is 15.6 Å². The molecule has 1 aromatic heterocycles. The molecule has 31 heavy (non-hydrogen) atoms. The van der Waals surface area contributed by atoms with E-state index in [0.717, 1.165) is 9.87 Å². The maximum absolute atomic E-state index is 12.3. The molecule has 2 aromatic rings. The molecule has 0 spiro atoms. The van der Waals surface area contributed by atoms with Crippen LogP contribution in [-0.4, -0.2) is 66.4 Å². The summed E-state index contributed by atoms with van der Waals surface area (Å²) in [6.07, 6.45) is 3.38. The van der Waals surface area contributed by atoms with Crippen molar-refractivity contribution in [3.05, 3.63) is 53.9 Å².